The monoisotopic (exact) mass is 297 g/mol. The molecule has 9 nitrogen and oxygen atoms in total. The molecule has 0 saturated carbocycles. The predicted octanol–water partition coefficient (Wildman–Crippen LogP) is 1.54. The highest BCUT2D eigenvalue weighted by atomic mass is 16.6. The number of hydrogen-bond donors (Lipinski definition) is 2. The molecule has 0 heterocycles. The summed E-state index contributed by atoms with van der Waals surface area (Å²) in [7, 11) is 2.73. The SMILES string of the molecule is COc1ccc(NC(=O)N(C)CCC(=O)O)cc1[N+](=O)[O-]. The average molecular weight is 297 g/mol. The summed E-state index contributed by atoms with van der Waals surface area (Å²) in [5, 5.41) is 21.9. The summed E-state index contributed by atoms with van der Waals surface area (Å²) >= 11 is 0. The van der Waals surface area contributed by atoms with E-state index in [9.17, 15) is 19.7 Å². The van der Waals surface area contributed by atoms with Crippen molar-refractivity contribution >= 4 is 23.4 Å². The van der Waals surface area contributed by atoms with Crippen LogP contribution in [0.1, 0.15) is 6.42 Å². The van der Waals surface area contributed by atoms with E-state index in [2.05, 4.69) is 5.32 Å². The average Bonchev–Trinajstić information content (AvgIpc) is 2.44. The lowest BCUT2D eigenvalue weighted by atomic mass is 10.2. The van der Waals surface area contributed by atoms with E-state index in [1.165, 1.54) is 37.3 Å². The number of aliphatic carboxylic acids is 1. The molecule has 0 radical (unpaired) electrons. The van der Waals surface area contributed by atoms with E-state index >= 15 is 0 Å². The number of nitrogens with zero attached hydrogens (tertiary/aromatic N) is 2. The molecule has 21 heavy (non-hydrogen) atoms. The number of methoxy groups -OCH3 is 1. The summed E-state index contributed by atoms with van der Waals surface area (Å²) in [6.07, 6.45) is -0.188. The van der Waals surface area contributed by atoms with Gasteiger partial charge in [-0.2, -0.15) is 0 Å². The first-order chi connectivity index (χ1) is 9.85. The number of nitro groups is 1. The number of rotatable bonds is 6. The molecule has 0 spiro atoms. The fourth-order valence-corrected chi connectivity index (χ4v) is 1.49. The minimum absolute atomic E-state index is 0.0272. The Hall–Kier alpha value is -2.84. The third-order valence-electron chi connectivity index (χ3n) is 2.63. The van der Waals surface area contributed by atoms with Crippen LogP contribution in [0.2, 0.25) is 0 Å². The molecule has 114 valence electrons. The summed E-state index contributed by atoms with van der Waals surface area (Å²) in [6.45, 7) is 0.0272. The van der Waals surface area contributed by atoms with Crippen molar-refractivity contribution in [3.05, 3.63) is 28.3 Å². The topological polar surface area (TPSA) is 122 Å². The number of carboxylic acid groups (broad SMARTS) is 1. The van der Waals surface area contributed by atoms with Gasteiger partial charge in [0.1, 0.15) is 0 Å². The van der Waals surface area contributed by atoms with E-state index in [-0.39, 0.29) is 30.1 Å². The van der Waals surface area contributed by atoms with Gasteiger partial charge < -0.3 is 20.1 Å². The first-order valence-electron chi connectivity index (χ1n) is 5.91. The molecule has 9 heteroatoms. The molecule has 0 aromatic heterocycles. The van der Waals surface area contributed by atoms with E-state index in [1.54, 1.807) is 0 Å². The number of anilines is 1. The second-order valence-electron chi connectivity index (χ2n) is 4.14. The Bertz CT molecular complexity index is 560. The van der Waals surface area contributed by atoms with Crippen molar-refractivity contribution in [2.75, 3.05) is 26.0 Å². The van der Waals surface area contributed by atoms with Crippen LogP contribution in [-0.4, -0.2) is 47.6 Å². The molecule has 1 aromatic rings. The zero-order valence-electron chi connectivity index (χ0n) is 11.5. The number of hydrogen-bond acceptors (Lipinski definition) is 5. The quantitative estimate of drug-likeness (QED) is 0.606. The van der Waals surface area contributed by atoms with Crippen molar-refractivity contribution in [1.82, 2.24) is 4.90 Å². The second kappa shape index (κ2) is 7.08. The highest BCUT2D eigenvalue weighted by Crippen LogP contribution is 2.29. The highest BCUT2D eigenvalue weighted by molar-refractivity contribution is 5.90. The molecule has 0 unspecified atom stereocenters. The van der Waals surface area contributed by atoms with Crippen molar-refractivity contribution in [3.8, 4) is 5.75 Å². The van der Waals surface area contributed by atoms with Crippen LogP contribution in [-0.2, 0) is 4.79 Å². The molecular weight excluding hydrogens is 282 g/mol. The van der Waals surface area contributed by atoms with E-state index in [4.69, 9.17) is 9.84 Å². The molecular formula is C12H15N3O6. The van der Waals surface area contributed by atoms with Gasteiger partial charge in [0.15, 0.2) is 5.75 Å². The maximum absolute atomic E-state index is 11.8. The Labute approximate surface area is 120 Å². The van der Waals surface area contributed by atoms with Crippen molar-refractivity contribution in [3.63, 3.8) is 0 Å². The minimum atomic E-state index is -1.02. The Morgan fingerprint density at radius 1 is 1.48 bits per heavy atom. The number of carboxylic acids is 1. The van der Waals surface area contributed by atoms with Gasteiger partial charge in [0.2, 0.25) is 0 Å². The highest BCUT2D eigenvalue weighted by Gasteiger charge is 2.17. The number of carbonyl (C=O) groups excluding carboxylic acids is 1. The lowest BCUT2D eigenvalue weighted by Gasteiger charge is -2.17. The number of amides is 2. The van der Waals surface area contributed by atoms with Crippen molar-refractivity contribution < 1.29 is 24.4 Å². The molecule has 0 aliphatic heterocycles. The van der Waals surface area contributed by atoms with Gasteiger partial charge in [0.25, 0.3) is 0 Å². The molecule has 1 aromatic carbocycles. The Balaban J connectivity index is 2.78. The first kappa shape index (κ1) is 16.2. The van der Waals surface area contributed by atoms with Crippen LogP contribution in [0, 0.1) is 10.1 Å². The number of urea groups is 1. The van der Waals surface area contributed by atoms with Gasteiger partial charge in [-0.05, 0) is 12.1 Å². The van der Waals surface area contributed by atoms with E-state index in [1.807, 2.05) is 0 Å². The van der Waals surface area contributed by atoms with Gasteiger partial charge in [0, 0.05) is 25.3 Å². The Kier molecular flexibility index (Phi) is 5.47. The van der Waals surface area contributed by atoms with Crippen LogP contribution in [0.4, 0.5) is 16.2 Å². The zero-order valence-corrected chi connectivity index (χ0v) is 11.5. The van der Waals surface area contributed by atoms with Crippen molar-refractivity contribution in [2.24, 2.45) is 0 Å². The molecule has 0 bridgehead atoms. The molecule has 0 aliphatic rings. The Morgan fingerprint density at radius 2 is 2.14 bits per heavy atom. The number of carbonyl (C=O) groups is 2. The van der Waals surface area contributed by atoms with E-state index in [0.29, 0.717) is 0 Å². The van der Waals surface area contributed by atoms with Crippen LogP contribution < -0.4 is 10.1 Å². The van der Waals surface area contributed by atoms with E-state index < -0.39 is 16.9 Å². The largest absolute Gasteiger partial charge is 0.490 e. The normalized spacial score (nSPS) is 9.81. The molecule has 0 saturated heterocycles. The van der Waals surface area contributed by atoms with Crippen LogP contribution in [0.25, 0.3) is 0 Å². The molecule has 0 aliphatic carbocycles. The van der Waals surface area contributed by atoms with E-state index in [0.717, 1.165) is 0 Å². The van der Waals surface area contributed by atoms with Gasteiger partial charge in [-0.25, -0.2) is 4.79 Å². The maximum atomic E-state index is 11.8. The number of nitrogens with one attached hydrogen (secondary N) is 1. The van der Waals surface area contributed by atoms with Gasteiger partial charge >= 0.3 is 17.7 Å². The summed E-state index contributed by atoms with van der Waals surface area (Å²) in [5.74, 6) is -0.938. The summed E-state index contributed by atoms with van der Waals surface area (Å²) < 4.78 is 4.85. The molecule has 2 N–H and O–H groups in total. The first-order valence-corrected chi connectivity index (χ1v) is 5.91. The minimum Gasteiger partial charge on any atom is -0.490 e. The third-order valence-corrected chi connectivity index (χ3v) is 2.63. The summed E-state index contributed by atoms with van der Waals surface area (Å²) in [5.41, 5.74) is -0.0573. The second-order valence-corrected chi connectivity index (χ2v) is 4.14. The van der Waals surface area contributed by atoms with Gasteiger partial charge in [-0.15, -0.1) is 0 Å². The predicted molar refractivity (Wildman–Crippen MR) is 73.5 cm³/mol. The summed E-state index contributed by atoms with van der Waals surface area (Å²) in [6, 6.07) is 3.43. The smallest absolute Gasteiger partial charge is 0.321 e. The Morgan fingerprint density at radius 3 is 2.67 bits per heavy atom. The van der Waals surface area contributed by atoms with Gasteiger partial charge in [-0.3, -0.25) is 14.9 Å². The third kappa shape index (κ3) is 4.64. The summed E-state index contributed by atoms with van der Waals surface area (Å²) in [4.78, 5) is 33.6. The van der Waals surface area contributed by atoms with Crippen molar-refractivity contribution in [1.29, 1.82) is 0 Å². The lowest BCUT2D eigenvalue weighted by molar-refractivity contribution is -0.385. The van der Waals surface area contributed by atoms with Crippen molar-refractivity contribution in [2.45, 2.75) is 6.42 Å². The number of benzene rings is 1. The van der Waals surface area contributed by atoms with Crippen LogP contribution >= 0.6 is 0 Å². The number of nitro benzene ring substituents is 1. The molecule has 0 fully saturated rings. The standard InChI is InChI=1S/C12H15N3O6/c1-14(6-5-11(16)17)12(18)13-8-3-4-10(21-2)9(7-8)15(19)20/h3-4,7H,5-6H2,1-2H3,(H,13,18)(H,16,17). The van der Waals surface area contributed by atoms with Crippen LogP contribution in [0.15, 0.2) is 18.2 Å². The maximum Gasteiger partial charge on any atom is 0.321 e. The zero-order chi connectivity index (χ0) is 16.0. The molecule has 0 atom stereocenters. The fraction of sp³-hybridized carbons (Fsp3) is 0.333. The van der Waals surface area contributed by atoms with Gasteiger partial charge in [0.05, 0.1) is 18.5 Å². The van der Waals surface area contributed by atoms with Gasteiger partial charge in [-0.1, -0.05) is 0 Å². The molecule has 1 rings (SSSR count). The fourth-order valence-electron chi connectivity index (χ4n) is 1.49. The lowest BCUT2D eigenvalue weighted by Crippen LogP contribution is -2.33. The molecule has 2 amide bonds. The van der Waals surface area contributed by atoms with Crippen LogP contribution in [0.3, 0.4) is 0 Å². The van der Waals surface area contributed by atoms with Crippen LogP contribution in [0.5, 0.6) is 5.75 Å². The number of ether oxygens (including phenoxy) is 1.